The van der Waals surface area contributed by atoms with E-state index in [0.29, 0.717) is 18.1 Å². The Kier molecular flexibility index (Phi) is 7.38. The molecule has 0 bridgehead atoms. The van der Waals surface area contributed by atoms with Gasteiger partial charge in [0.2, 0.25) is 0 Å². The largest absolute Gasteiger partial charge is 0.493 e. The highest BCUT2D eigenvalue weighted by Gasteiger charge is 2.14. The molecule has 0 radical (unpaired) electrons. The van der Waals surface area contributed by atoms with Crippen LogP contribution in [0.25, 0.3) is 22.0 Å². The van der Waals surface area contributed by atoms with Gasteiger partial charge in [0, 0.05) is 18.2 Å². The zero-order valence-corrected chi connectivity index (χ0v) is 19.5. The van der Waals surface area contributed by atoms with Gasteiger partial charge in [-0.1, -0.05) is 55.8 Å². The van der Waals surface area contributed by atoms with E-state index in [4.69, 9.17) is 4.74 Å². The number of fused-ring (bicyclic) bond motifs is 1. The van der Waals surface area contributed by atoms with Gasteiger partial charge in [-0.15, -0.1) is 0 Å². The highest BCUT2D eigenvalue weighted by molar-refractivity contribution is 5.92. The number of carbonyl (C=O) groups is 1. The number of hydrogen-bond donors (Lipinski definition) is 2. The molecular weight excluding hydrogens is 426 g/mol. The van der Waals surface area contributed by atoms with E-state index in [1.165, 1.54) is 28.2 Å². The number of anilines is 1. The molecule has 0 amide bonds. The number of ether oxygens (including phenoxy) is 1. The van der Waals surface area contributed by atoms with Crippen LogP contribution in [-0.2, 0) is 6.42 Å². The normalized spacial score (nSPS) is 10.9. The molecule has 0 saturated heterocycles. The maximum absolute atomic E-state index is 11.6. The second-order valence-corrected chi connectivity index (χ2v) is 8.25. The van der Waals surface area contributed by atoms with Gasteiger partial charge in [0.15, 0.2) is 0 Å². The van der Waals surface area contributed by atoms with Gasteiger partial charge in [0.05, 0.1) is 12.3 Å². The van der Waals surface area contributed by atoms with Gasteiger partial charge in [-0.25, -0.2) is 14.8 Å². The number of benzene rings is 3. The minimum absolute atomic E-state index is 0.151. The Hall–Kier alpha value is -3.93. The Morgan fingerprint density at radius 2 is 1.91 bits per heavy atom. The number of nitrogens with zero attached hydrogens (tertiary/aromatic N) is 2. The van der Waals surface area contributed by atoms with Crippen molar-refractivity contribution in [3.63, 3.8) is 0 Å². The maximum atomic E-state index is 11.6. The fraction of sp³-hybridized carbons (Fsp3) is 0.250. The van der Waals surface area contributed by atoms with Crippen molar-refractivity contribution in [2.24, 2.45) is 0 Å². The Balaban J connectivity index is 1.47. The second kappa shape index (κ2) is 10.8. The highest BCUT2D eigenvalue weighted by Crippen LogP contribution is 2.28. The fourth-order valence-electron chi connectivity index (χ4n) is 3.98. The topological polar surface area (TPSA) is 84.3 Å². The van der Waals surface area contributed by atoms with Crippen molar-refractivity contribution in [2.45, 2.75) is 33.1 Å². The molecule has 1 heterocycles. The number of hydrogen-bond acceptors (Lipinski definition) is 5. The molecule has 174 valence electrons. The van der Waals surface area contributed by atoms with Crippen LogP contribution in [-0.4, -0.2) is 34.2 Å². The van der Waals surface area contributed by atoms with E-state index in [2.05, 4.69) is 65.5 Å². The van der Waals surface area contributed by atoms with Crippen molar-refractivity contribution >= 4 is 22.6 Å². The molecule has 4 aromatic rings. The monoisotopic (exact) mass is 455 g/mol. The lowest BCUT2D eigenvalue weighted by atomic mass is 9.98. The first-order valence-corrected chi connectivity index (χ1v) is 11.6. The van der Waals surface area contributed by atoms with Crippen molar-refractivity contribution in [3.8, 4) is 17.0 Å². The van der Waals surface area contributed by atoms with Crippen LogP contribution in [0.2, 0.25) is 0 Å². The summed E-state index contributed by atoms with van der Waals surface area (Å²) in [5.74, 6) is 0.0737. The summed E-state index contributed by atoms with van der Waals surface area (Å²) in [5.41, 5.74) is 4.25. The van der Waals surface area contributed by atoms with Crippen molar-refractivity contribution in [1.29, 1.82) is 0 Å². The van der Waals surface area contributed by atoms with Crippen molar-refractivity contribution in [1.82, 2.24) is 9.97 Å². The summed E-state index contributed by atoms with van der Waals surface area (Å²) >= 11 is 0. The van der Waals surface area contributed by atoms with E-state index < -0.39 is 5.97 Å². The predicted molar refractivity (Wildman–Crippen MR) is 136 cm³/mol. The lowest BCUT2D eigenvalue weighted by Crippen LogP contribution is -2.08. The van der Waals surface area contributed by atoms with Gasteiger partial charge in [0.1, 0.15) is 23.5 Å². The molecular formula is C28H29N3O3. The van der Waals surface area contributed by atoms with Crippen LogP contribution in [0.4, 0.5) is 5.82 Å². The molecule has 2 N–H and O–H groups in total. The van der Waals surface area contributed by atoms with E-state index in [1.807, 2.05) is 6.07 Å². The average molecular weight is 456 g/mol. The molecule has 34 heavy (non-hydrogen) atoms. The average Bonchev–Trinajstić information content (AvgIpc) is 2.86. The summed E-state index contributed by atoms with van der Waals surface area (Å²) in [5, 5.41) is 15.4. The van der Waals surface area contributed by atoms with Crippen LogP contribution < -0.4 is 10.1 Å². The van der Waals surface area contributed by atoms with E-state index in [0.717, 1.165) is 37.2 Å². The molecule has 0 aliphatic carbocycles. The minimum Gasteiger partial charge on any atom is -0.493 e. The summed E-state index contributed by atoms with van der Waals surface area (Å²) in [6, 6.07) is 19.7. The van der Waals surface area contributed by atoms with Gasteiger partial charge in [-0.2, -0.15) is 0 Å². The minimum atomic E-state index is -1.01. The molecule has 0 aliphatic heterocycles. The summed E-state index contributed by atoms with van der Waals surface area (Å²) in [4.78, 5) is 20.3. The lowest BCUT2D eigenvalue weighted by Gasteiger charge is -2.12. The Morgan fingerprint density at radius 3 is 2.74 bits per heavy atom. The van der Waals surface area contributed by atoms with Crippen molar-refractivity contribution in [2.75, 3.05) is 18.5 Å². The summed E-state index contributed by atoms with van der Waals surface area (Å²) in [6.07, 6.45) is 4.23. The van der Waals surface area contributed by atoms with Gasteiger partial charge < -0.3 is 15.2 Å². The molecule has 0 saturated carbocycles. The molecule has 6 heteroatoms. The van der Waals surface area contributed by atoms with Crippen LogP contribution >= 0.6 is 0 Å². The van der Waals surface area contributed by atoms with Crippen molar-refractivity contribution < 1.29 is 14.6 Å². The maximum Gasteiger partial charge on any atom is 0.339 e. The van der Waals surface area contributed by atoms with Gasteiger partial charge in [0.25, 0.3) is 0 Å². The number of nitrogens with one attached hydrogen (secondary N) is 1. The number of carboxylic acids is 1. The zero-order valence-electron chi connectivity index (χ0n) is 19.5. The predicted octanol–water partition coefficient (Wildman–Crippen LogP) is 6.14. The van der Waals surface area contributed by atoms with Gasteiger partial charge in [-0.3, -0.25) is 0 Å². The van der Waals surface area contributed by atoms with Crippen molar-refractivity contribution in [3.05, 3.63) is 83.7 Å². The molecule has 3 aromatic carbocycles. The van der Waals surface area contributed by atoms with E-state index in [9.17, 15) is 9.90 Å². The van der Waals surface area contributed by atoms with Crippen LogP contribution in [0.3, 0.4) is 0 Å². The molecule has 4 rings (SSSR count). The number of aromatic carboxylic acids is 1. The summed E-state index contributed by atoms with van der Waals surface area (Å²) in [7, 11) is 0. The number of carboxylic acid groups (broad SMARTS) is 1. The first-order valence-electron chi connectivity index (χ1n) is 11.6. The first-order chi connectivity index (χ1) is 16.6. The van der Waals surface area contributed by atoms with E-state index in [-0.39, 0.29) is 5.56 Å². The SMILES string of the molecule is CCCCOc1cc(-c2cc(NCCc3ccc4ccccc4c3C)ncn2)ccc1C(=O)O. The molecule has 0 fully saturated rings. The third kappa shape index (κ3) is 5.34. The zero-order chi connectivity index (χ0) is 23.9. The van der Waals surface area contributed by atoms with Crippen LogP contribution in [0.1, 0.15) is 41.3 Å². The third-order valence-corrected chi connectivity index (χ3v) is 5.94. The van der Waals surface area contributed by atoms with E-state index >= 15 is 0 Å². The van der Waals surface area contributed by atoms with Gasteiger partial charge in [-0.05, 0) is 53.8 Å². The molecule has 6 nitrogen and oxygen atoms in total. The number of aryl methyl sites for hydroxylation is 1. The Bertz CT molecular complexity index is 1300. The first kappa shape index (κ1) is 23.2. The summed E-state index contributed by atoms with van der Waals surface area (Å²) < 4.78 is 5.75. The number of unbranched alkanes of at least 4 members (excludes halogenated alkanes) is 1. The fourth-order valence-corrected chi connectivity index (χ4v) is 3.98. The van der Waals surface area contributed by atoms with Gasteiger partial charge >= 0.3 is 5.97 Å². The molecule has 0 atom stereocenters. The Morgan fingerprint density at radius 1 is 1.06 bits per heavy atom. The standard InChI is InChI=1S/C28H29N3O3/c1-3-4-15-34-26-16-22(11-12-24(26)28(32)33)25-17-27(31-18-30-25)29-14-13-20-9-10-21-7-5-6-8-23(21)19(20)2/h5-12,16-18H,3-4,13-15H2,1-2H3,(H,32,33)(H,29,30,31). The quantitative estimate of drug-likeness (QED) is 0.280. The smallest absolute Gasteiger partial charge is 0.339 e. The number of rotatable bonds is 10. The molecule has 0 spiro atoms. The Labute approximate surface area is 199 Å². The van der Waals surface area contributed by atoms with Crippen LogP contribution in [0.5, 0.6) is 5.75 Å². The highest BCUT2D eigenvalue weighted by atomic mass is 16.5. The van der Waals surface area contributed by atoms with E-state index in [1.54, 1.807) is 18.2 Å². The second-order valence-electron chi connectivity index (χ2n) is 8.25. The summed E-state index contributed by atoms with van der Waals surface area (Å²) in [6.45, 7) is 5.44. The molecule has 0 aliphatic rings. The third-order valence-electron chi connectivity index (χ3n) is 5.94. The lowest BCUT2D eigenvalue weighted by molar-refractivity contribution is 0.0692. The molecule has 0 unspecified atom stereocenters. The molecule has 1 aromatic heterocycles. The number of aromatic nitrogens is 2. The van der Waals surface area contributed by atoms with Crippen LogP contribution in [0, 0.1) is 6.92 Å². The van der Waals surface area contributed by atoms with Crippen LogP contribution in [0.15, 0.2) is 67.0 Å².